The summed E-state index contributed by atoms with van der Waals surface area (Å²) in [7, 11) is 0. The van der Waals surface area contributed by atoms with E-state index in [-0.39, 0.29) is 5.91 Å². The lowest BCUT2D eigenvalue weighted by Gasteiger charge is -2.12. The van der Waals surface area contributed by atoms with Crippen molar-refractivity contribution in [2.45, 2.75) is 41.2 Å². The first kappa shape index (κ1) is 19.8. The molecule has 5 nitrogen and oxygen atoms in total. The average Bonchev–Trinajstić information content (AvgIpc) is 2.84. The first-order chi connectivity index (χ1) is 12.4. The Morgan fingerprint density at radius 3 is 2.38 bits per heavy atom. The van der Waals surface area contributed by atoms with E-state index in [0.29, 0.717) is 42.4 Å². The molecule has 0 radical (unpaired) electrons. The molecule has 0 aliphatic rings. The molecule has 5 heteroatoms. The minimum atomic E-state index is -0.396. The van der Waals surface area contributed by atoms with Gasteiger partial charge < -0.3 is 14.6 Å². The summed E-state index contributed by atoms with van der Waals surface area (Å²) in [5.74, 6) is -0.187. The molecule has 1 amide bonds. The first-order valence-electron chi connectivity index (χ1n) is 9.05. The van der Waals surface area contributed by atoms with Crippen LogP contribution in [0.1, 0.15) is 58.4 Å². The number of ether oxygens (including phenoxy) is 1. The van der Waals surface area contributed by atoms with E-state index in [0.717, 1.165) is 11.3 Å². The molecule has 1 aromatic heterocycles. The Morgan fingerprint density at radius 2 is 1.81 bits per heavy atom. The van der Waals surface area contributed by atoms with Gasteiger partial charge in [0.15, 0.2) is 0 Å². The number of hydrogen-bond acceptors (Lipinski definition) is 3. The smallest absolute Gasteiger partial charge is 0.355 e. The van der Waals surface area contributed by atoms with Crippen molar-refractivity contribution in [1.82, 2.24) is 9.88 Å². The van der Waals surface area contributed by atoms with Crippen molar-refractivity contribution in [2.24, 2.45) is 5.92 Å². The number of rotatable bonds is 7. The predicted molar refractivity (Wildman–Crippen MR) is 103 cm³/mol. The normalized spacial score (nSPS) is 10.8. The summed E-state index contributed by atoms with van der Waals surface area (Å²) < 4.78 is 7.12. The van der Waals surface area contributed by atoms with Crippen molar-refractivity contribution < 1.29 is 14.3 Å². The third kappa shape index (κ3) is 4.34. The van der Waals surface area contributed by atoms with Crippen molar-refractivity contribution in [3.05, 3.63) is 58.4 Å². The van der Waals surface area contributed by atoms with Gasteiger partial charge in [-0.05, 0) is 37.8 Å². The standard InChI is InChI=1S/C21H28N2O3/c1-6-26-21(25)19-15(4)18(20(24)22-12-14(2)3)16(5)23(19)13-17-10-8-7-9-11-17/h7-11,14H,6,12-13H2,1-5H3,(H,22,24). The van der Waals surface area contributed by atoms with E-state index in [4.69, 9.17) is 4.74 Å². The van der Waals surface area contributed by atoms with Gasteiger partial charge in [-0.25, -0.2) is 4.79 Å². The number of amides is 1. The van der Waals surface area contributed by atoms with E-state index in [1.54, 1.807) is 6.92 Å². The maximum Gasteiger partial charge on any atom is 0.355 e. The Bertz CT molecular complexity index is 776. The van der Waals surface area contributed by atoms with E-state index in [1.165, 1.54) is 0 Å². The van der Waals surface area contributed by atoms with Gasteiger partial charge in [-0.15, -0.1) is 0 Å². The highest BCUT2D eigenvalue weighted by molar-refractivity contribution is 6.01. The Hall–Kier alpha value is -2.56. The highest BCUT2D eigenvalue weighted by atomic mass is 16.5. The van der Waals surface area contributed by atoms with E-state index in [9.17, 15) is 9.59 Å². The fraction of sp³-hybridized carbons (Fsp3) is 0.429. The van der Waals surface area contributed by atoms with Gasteiger partial charge in [-0.2, -0.15) is 0 Å². The Kier molecular flexibility index (Phi) is 6.61. The molecule has 1 heterocycles. The molecule has 26 heavy (non-hydrogen) atoms. The number of nitrogens with zero attached hydrogens (tertiary/aromatic N) is 1. The number of esters is 1. The zero-order chi connectivity index (χ0) is 19.3. The maximum absolute atomic E-state index is 12.7. The quantitative estimate of drug-likeness (QED) is 0.769. The summed E-state index contributed by atoms with van der Waals surface area (Å²) in [5.41, 5.74) is 3.51. The number of nitrogens with one attached hydrogen (secondary N) is 1. The minimum absolute atomic E-state index is 0.147. The second-order valence-electron chi connectivity index (χ2n) is 6.83. The summed E-state index contributed by atoms with van der Waals surface area (Å²) in [6, 6.07) is 9.88. The van der Waals surface area contributed by atoms with Gasteiger partial charge in [-0.1, -0.05) is 44.2 Å². The molecule has 0 unspecified atom stereocenters. The van der Waals surface area contributed by atoms with Gasteiger partial charge in [0.25, 0.3) is 5.91 Å². The highest BCUT2D eigenvalue weighted by Crippen LogP contribution is 2.24. The molecule has 0 aliphatic heterocycles. The molecule has 0 bridgehead atoms. The van der Waals surface area contributed by atoms with Crippen LogP contribution in [-0.4, -0.2) is 29.6 Å². The van der Waals surface area contributed by atoms with E-state index >= 15 is 0 Å². The van der Waals surface area contributed by atoms with Crippen LogP contribution in [0.3, 0.4) is 0 Å². The third-order valence-electron chi connectivity index (χ3n) is 4.32. The fourth-order valence-electron chi connectivity index (χ4n) is 3.04. The molecular formula is C21H28N2O3. The zero-order valence-electron chi connectivity index (χ0n) is 16.3. The molecule has 1 aromatic carbocycles. The van der Waals surface area contributed by atoms with Gasteiger partial charge in [0.05, 0.1) is 12.2 Å². The van der Waals surface area contributed by atoms with Crippen molar-refractivity contribution >= 4 is 11.9 Å². The second-order valence-corrected chi connectivity index (χ2v) is 6.83. The summed E-state index contributed by atoms with van der Waals surface area (Å²) in [4.78, 5) is 25.3. The molecule has 0 saturated heterocycles. The van der Waals surface area contributed by atoms with E-state index < -0.39 is 5.97 Å². The van der Waals surface area contributed by atoms with Crippen LogP contribution in [0.25, 0.3) is 0 Å². The lowest BCUT2D eigenvalue weighted by molar-refractivity contribution is 0.0513. The largest absolute Gasteiger partial charge is 0.461 e. The summed E-state index contributed by atoms with van der Waals surface area (Å²) in [6.07, 6.45) is 0. The van der Waals surface area contributed by atoms with E-state index in [1.807, 2.05) is 62.6 Å². The van der Waals surface area contributed by atoms with Gasteiger partial charge in [0.2, 0.25) is 0 Å². The molecule has 0 spiro atoms. The summed E-state index contributed by atoms with van der Waals surface area (Å²) in [6.45, 7) is 11.0. The SMILES string of the molecule is CCOC(=O)c1c(C)c(C(=O)NCC(C)C)c(C)n1Cc1ccccc1. The van der Waals surface area contributed by atoms with Crippen LogP contribution in [0.15, 0.2) is 30.3 Å². The number of hydrogen-bond donors (Lipinski definition) is 1. The molecule has 0 aliphatic carbocycles. The van der Waals surface area contributed by atoms with Crippen LogP contribution < -0.4 is 5.32 Å². The van der Waals surface area contributed by atoms with Crippen molar-refractivity contribution in [3.63, 3.8) is 0 Å². The van der Waals surface area contributed by atoms with Gasteiger partial charge in [0.1, 0.15) is 5.69 Å². The van der Waals surface area contributed by atoms with Crippen LogP contribution in [-0.2, 0) is 11.3 Å². The monoisotopic (exact) mass is 356 g/mol. The Morgan fingerprint density at radius 1 is 1.15 bits per heavy atom. The topological polar surface area (TPSA) is 60.3 Å². The van der Waals surface area contributed by atoms with Crippen molar-refractivity contribution in [3.8, 4) is 0 Å². The van der Waals surface area contributed by atoms with Gasteiger partial charge in [0, 0.05) is 18.8 Å². The number of carbonyl (C=O) groups is 2. The lowest BCUT2D eigenvalue weighted by atomic mass is 10.1. The number of aromatic nitrogens is 1. The molecule has 0 saturated carbocycles. The van der Waals surface area contributed by atoms with Gasteiger partial charge >= 0.3 is 5.97 Å². The molecule has 0 atom stereocenters. The van der Waals surface area contributed by atoms with Crippen LogP contribution in [0.4, 0.5) is 0 Å². The third-order valence-corrected chi connectivity index (χ3v) is 4.32. The maximum atomic E-state index is 12.7. The molecule has 1 N–H and O–H groups in total. The molecular weight excluding hydrogens is 328 g/mol. The number of carbonyl (C=O) groups excluding carboxylic acids is 2. The van der Waals surface area contributed by atoms with Gasteiger partial charge in [-0.3, -0.25) is 4.79 Å². The van der Waals surface area contributed by atoms with Crippen molar-refractivity contribution in [1.29, 1.82) is 0 Å². The summed E-state index contributed by atoms with van der Waals surface area (Å²) >= 11 is 0. The number of benzene rings is 1. The summed E-state index contributed by atoms with van der Waals surface area (Å²) in [5, 5.41) is 2.95. The predicted octanol–water partition coefficient (Wildman–Crippen LogP) is 3.72. The van der Waals surface area contributed by atoms with Crippen LogP contribution in [0.2, 0.25) is 0 Å². The second kappa shape index (κ2) is 8.70. The molecule has 2 aromatic rings. The lowest BCUT2D eigenvalue weighted by Crippen LogP contribution is -2.28. The zero-order valence-corrected chi connectivity index (χ0v) is 16.3. The Labute approximate surface area is 155 Å². The Balaban J connectivity index is 2.48. The van der Waals surface area contributed by atoms with E-state index in [2.05, 4.69) is 5.32 Å². The minimum Gasteiger partial charge on any atom is -0.461 e. The van der Waals surface area contributed by atoms with Crippen molar-refractivity contribution in [2.75, 3.05) is 13.2 Å². The molecule has 2 rings (SSSR count). The molecule has 0 fully saturated rings. The first-order valence-corrected chi connectivity index (χ1v) is 9.05. The fourth-order valence-corrected chi connectivity index (χ4v) is 3.04. The average molecular weight is 356 g/mol. The van der Waals surface area contributed by atoms with Crippen LogP contribution in [0, 0.1) is 19.8 Å². The highest BCUT2D eigenvalue weighted by Gasteiger charge is 2.27. The van der Waals surface area contributed by atoms with Crippen LogP contribution in [0.5, 0.6) is 0 Å². The molecule has 140 valence electrons. The van der Waals surface area contributed by atoms with Crippen LogP contribution >= 0.6 is 0 Å².